The Morgan fingerprint density at radius 1 is 1.30 bits per heavy atom. The molecule has 0 saturated heterocycles. The molecule has 0 aliphatic heterocycles. The number of aliphatic hydroxyl groups excluding tert-OH is 1. The van der Waals surface area contributed by atoms with Gasteiger partial charge in [0.1, 0.15) is 6.54 Å². The summed E-state index contributed by atoms with van der Waals surface area (Å²) in [4.78, 5) is 0. The second-order valence-corrected chi connectivity index (χ2v) is 2.35. The Kier molecular flexibility index (Phi) is 3.81. The van der Waals surface area contributed by atoms with E-state index in [1.54, 1.807) is 13.8 Å². The lowest BCUT2D eigenvalue weighted by Crippen LogP contribution is -2.46. The van der Waals surface area contributed by atoms with Crippen LogP contribution in [-0.2, 0) is 0 Å². The largest absolute Gasteiger partial charge is 0.633 e. The van der Waals surface area contributed by atoms with Crippen LogP contribution in [0.2, 0.25) is 0 Å². The molecule has 10 heavy (non-hydrogen) atoms. The molecule has 0 aliphatic rings. The van der Waals surface area contributed by atoms with Crippen LogP contribution in [0, 0.1) is 5.21 Å². The van der Waals surface area contributed by atoms with Gasteiger partial charge in [0.05, 0.1) is 13.1 Å². The Hall–Kier alpha value is -0.160. The van der Waals surface area contributed by atoms with Gasteiger partial charge in [0, 0.05) is 0 Å². The minimum atomic E-state index is -1.49. The molecule has 2 N–H and O–H groups in total. The number of hydroxylamine groups is 3. The summed E-state index contributed by atoms with van der Waals surface area (Å²) in [7, 11) is 0. The Labute approximate surface area is 60.9 Å². The molecule has 0 saturated carbocycles. The van der Waals surface area contributed by atoms with Crippen molar-refractivity contribution in [2.45, 2.75) is 20.1 Å². The van der Waals surface area contributed by atoms with Crippen molar-refractivity contribution in [3.63, 3.8) is 0 Å². The molecule has 0 atom stereocenters. The highest BCUT2D eigenvalue weighted by Gasteiger charge is 2.14. The maximum absolute atomic E-state index is 11.3. The number of nitrogens with zero attached hydrogens (tertiary/aromatic N) is 1. The Balaban J connectivity index is 3.80. The molecule has 4 nitrogen and oxygen atoms in total. The Morgan fingerprint density at radius 3 is 1.80 bits per heavy atom. The molecule has 4 heteroatoms. The van der Waals surface area contributed by atoms with Gasteiger partial charge >= 0.3 is 0 Å². The van der Waals surface area contributed by atoms with Crippen LogP contribution in [-0.4, -0.2) is 40.8 Å². The van der Waals surface area contributed by atoms with E-state index in [0.717, 1.165) is 0 Å². The topological polar surface area (TPSA) is 63.5 Å². The van der Waals surface area contributed by atoms with Gasteiger partial charge in [-0.3, -0.25) is 0 Å². The van der Waals surface area contributed by atoms with Gasteiger partial charge in [0.25, 0.3) is 0 Å². The van der Waals surface area contributed by atoms with Crippen LogP contribution in [0.5, 0.6) is 0 Å². The molecular formula is C6H15NO3. The summed E-state index contributed by atoms with van der Waals surface area (Å²) in [6.07, 6.45) is -1.49. The molecule has 0 unspecified atom stereocenters. The maximum Gasteiger partial charge on any atom is 0.202 e. The quantitative estimate of drug-likeness (QED) is 0.326. The monoisotopic (exact) mass is 149 g/mol. The van der Waals surface area contributed by atoms with E-state index in [0.29, 0.717) is 13.1 Å². The number of likely N-dealkylation sites (N-methyl/N-ethyl adjacent to an activating group) is 1. The zero-order chi connectivity index (χ0) is 8.20. The molecule has 0 amide bonds. The lowest BCUT2D eigenvalue weighted by Gasteiger charge is -2.41. The van der Waals surface area contributed by atoms with Gasteiger partial charge in [-0.1, -0.05) is 0 Å². The predicted molar refractivity (Wildman–Crippen MR) is 37.8 cm³/mol. The van der Waals surface area contributed by atoms with E-state index in [4.69, 9.17) is 10.2 Å². The highest BCUT2D eigenvalue weighted by molar-refractivity contribution is 4.40. The van der Waals surface area contributed by atoms with Gasteiger partial charge in [-0.25, -0.2) is 0 Å². The summed E-state index contributed by atoms with van der Waals surface area (Å²) < 4.78 is -0.530. The van der Waals surface area contributed by atoms with Crippen molar-refractivity contribution in [1.82, 2.24) is 0 Å². The fraction of sp³-hybridized carbons (Fsp3) is 1.00. The van der Waals surface area contributed by atoms with E-state index in [1.165, 1.54) is 0 Å². The van der Waals surface area contributed by atoms with E-state index >= 15 is 0 Å². The number of hydrogen-bond donors (Lipinski definition) is 2. The molecule has 0 rings (SSSR count). The van der Waals surface area contributed by atoms with Crippen molar-refractivity contribution >= 4 is 0 Å². The van der Waals surface area contributed by atoms with Crippen LogP contribution in [0.25, 0.3) is 0 Å². The van der Waals surface area contributed by atoms with Gasteiger partial charge in [-0.15, -0.1) is 0 Å². The standard InChI is InChI=1S/C6H15NO3/c1-3-7(10,4-2)5-6(8)9/h6,8-9H,3-5H2,1-2H3. The van der Waals surface area contributed by atoms with Gasteiger partial charge in [0.15, 0.2) is 0 Å². The Bertz CT molecular complexity index is 91.0. The molecule has 0 aromatic carbocycles. The normalized spacial score (nSPS) is 12.6. The van der Waals surface area contributed by atoms with Crippen LogP contribution in [0.3, 0.4) is 0 Å². The zero-order valence-electron chi connectivity index (χ0n) is 6.45. The SMILES string of the molecule is CC[N+]([O-])(CC)CC(O)O. The molecule has 62 valence electrons. The van der Waals surface area contributed by atoms with Crippen LogP contribution >= 0.6 is 0 Å². The predicted octanol–water partition coefficient (Wildman–Crippen LogP) is -0.349. The molecule has 0 aromatic rings. The zero-order valence-corrected chi connectivity index (χ0v) is 6.45. The van der Waals surface area contributed by atoms with Gasteiger partial charge in [-0.05, 0) is 13.8 Å². The smallest absolute Gasteiger partial charge is 0.202 e. The molecule has 0 spiro atoms. The average molecular weight is 149 g/mol. The van der Waals surface area contributed by atoms with Crippen LogP contribution < -0.4 is 0 Å². The summed E-state index contributed by atoms with van der Waals surface area (Å²) in [5.41, 5.74) is 0. The van der Waals surface area contributed by atoms with E-state index in [2.05, 4.69) is 0 Å². The summed E-state index contributed by atoms with van der Waals surface area (Å²) in [5, 5.41) is 28.2. The molecule has 0 fully saturated rings. The second kappa shape index (κ2) is 3.88. The van der Waals surface area contributed by atoms with Crippen LogP contribution in [0.4, 0.5) is 0 Å². The summed E-state index contributed by atoms with van der Waals surface area (Å²) in [6.45, 7) is 4.10. The second-order valence-electron chi connectivity index (χ2n) is 2.35. The van der Waals surface area contributed by atoms with Crippen LogP contribution in [0.15, 0.2) is 0 Å². The summed E-state index contributed by atoms with van der Waals surface area (Å²) in [5.74, 6) is 0. The van der Waals surface area contributed by atoms with Crippen molar-refractivity contribution in [2.24, 2.45) is 0 Å². The first-order chi connectivity index (χ1) is 4.54. The van der Waals surface area contributed by atoms with Gasteiger partial charge < -0.3 is 20.1 Å². The molecular weight excluding hydrogens is 134 g/mol. The van der Waals surface area contributed by atoms with Crippen molar-refractivity contribution in [3.8, 4) is 0 Å². The number of aliphatic hydroxyl groups is 2. The fourth-order valence-electron chi connectivity index (χ4n) is 0.779. The first-order valence-corrected chi connectivity index (χ1v) is 3.47. The number of rotatable bonds is 4. The maximum atomic E-state index is 11.3. The first kappa shape index (κ1) is 9.84. The van der Waals surface area contributed by atoms with E-state index in [1.807, 2.05) is 0 Å². The molecule has 0 heterocycles. The minimum absolute atomic E-state index is 0.132. The van der Waals surface area contributed by atoms with E-state index in [-0.39, 0.29) is 6.54 Å². The first-order valence-electron chi connectivity index (χ1n) is 3.47. The highest BCUT2D eigenvalue weighted by Crippen LogP contribution is 2.02. The highest BCUT2D eigenvalue weighted by atomic mass is 16.6. The summed E-state index contributed by atoms with van der Waals surface area (Å²) >= 11 is 0. The average Bonchev–Trinajstić information content (AvgIpc) is 1.87. The Morgan fingerprint density at radius 2 is 1.70 bits per heavy atom. The van der Waals surface area contributed by atoms with E-state index < -0.39 is 10.9 Å². The molecule has 0 aliphatic carbocycles. The van der Waals surface area contributed by atoms with Crippen LogP contribution in [0.1, 0.15) is 13.8 Å². The lowest BCUT2D eigenvalue weighted by molar-refractivity contribution is -0.883. The van der Waals surface area contributed by atoms with Crippen molar-refractivity contribution in [2.75, 3.05) is 19.6 Å². The van der Waals surface area contributed by atoms with Gasteiger partial charge in [0.2, 0.25) is 6.29 Å². The summed E-state index contributed by atoms with van der Waals surface area (Å²) in [6, 6.07) is 0. The van der Waals surface area contributed by atoms with Crippen molar-refractivity contribution in [1.29, 1.82) is 0 Å². The van der Waals surface area contributed by atoms with Gasteiger partial charge in [-0.2, -0.15) is 0 Å². The lowest BCUT2D eigenvalue weighted by atomic mass is 10.4. The number of quaternary nitrogens is 1. The third kappa shape index (κ3) is 3.12. The molecule has 0 bridgehead atoms. The fourth-order valence-corrected chi connectivity index (χ4v) is 0.779. The molecule has 0 aromatic heterocycles. The van der Waals surface area contributed by atoms with E-state index in [9.17, 15) is 5.21 Å². The molecule has 0 radical (unpaired) electrons. The van der Waals surface area contributed by atoms with Crippen molar-refractivity contribution < 1.29 is 14.9 Å². The third-order valence-electron chi connectivity index (χ3n) is 1.65. The minimum Gasteiger partial charge on any atom is -0.633 e. The van der Waals surface area contributed by atoms with Crippen molar-refractivity contribution in [3.05, 3.63) is 5.21 Å². The third-order valence-corrected chi connectivity index (χ3v) is 1.65. The number of hydrogen-bond acceptors (Lipinski definition) is 3.